The topological polar surface area (TPSA) is 66.9 Å². The van der Waals surface area contributed by atoms with Crippen molar-refractivity contribution in [3.63, 3.8) is 0 Å². The lowest BCUT2D eigenvalue weighted by atomic mass is 10.2. The Hall–Kier alpha value is -3.10. The number of nitrogens with zero attached hydrogens (tertiary/aromatic N) is 3. The van der Waals surface area contributed by atoms with Gasteiger partial charge in [0, 0.05) is 31.6 Å². The number of thiazole rings is 1. The lowest BCUT2D eigenvalue weighted by Gasteiger charge is -2.35. The summed E-state index contributed by atoms with van der Waals surface area (Å²) in [6.07, 6.45) is 0. The summed E-state index contributed by atoms with van der Waals surface area (Å²) in [4.78, 5) is 22.2. The van der Waals surface area contributed by atoms with Crippen LogP contribution in [0.15, 0.2) is 47.8 Å². The highest BCUT2D eigenvalue weighted by Crippen LogP contribution is 2.39. The molecule has 162 valence electrons. The highest BCUT2D eigenvalue weighted by Gasteiger charge is 2.20. The van der Waals surface area contributed by atoms with Gasteiger partial charge in [-0.05, 0) is 31.3 Å². The van der Waals surface area contributed by atoms with Gasteiger partial charge in [0.25, 0.3) is 5.91 Å². The van der Waals surface area contributed by atoms with Crippen LogP contribution in [0.5, 0.6) is 11.5 Å². The number of carbonyl (C=O) groups excluding carboxylic acids is 1. The molecular formula is C23H26N4O3S. The fourth-order valence-electron chi connectivity index (χ4n) is 3.65. The summed E-state index contributed by atoms with van der Waals surface area (Å²) in [6, 6.07) is 13.5. The van der Waals surface area contributed by atoms with Gasteiger partial charge in [0.15, 0.2) is 11.5 Å². The maximum absolute atomic E-state index is 13.0. The number of rotatable bonds is 6. The number of benzene rings is 2. The van der Waals surface area contributed by atoms with E-state index >= 15 is 0 Å². The van der Waals surface area contributed by atoms with Gasteiger partial charge in [-0.15, -0.1) is 11.3 Å². The average molecular weight is 439 g/mol. The van der Waals surface area contributed by atoms with Crippen molar-refractivity contribution in [2.75, 3.05) is 57.7 Å². The summed E-state index contributed by atoms with van der Waals surface area (Å²) >= 11 is 1.40. The number of hydrogen-bond donors (Lipinski definition) is 1. The van der Waals surface area contributed by atoms with Crippen LogP contribution in [-0.4, -0.2) is 63.2 Å². The lowest BCUT2D eigenvalue weighted by molar-refractivity contribution is 0.102. The molecule has 0 unspecified atom stereocenters. The third kappa shape index (κ3) is 4.50. The summed E-state index contributed by atoms with van der Waals surface area (Å²) in [7, 11) is 5.32. The Morgan fingerprint density at radius 2 is 1.81 bits per heavy atom. The zero-order valence-electron chi connectivity index (χ0n) is 17.9. The Bertz CT molecular complexity index is 1060. The number of carbonyl (C=O) groups is 1. The number of nitrogens with one attached hydrogen (secondary N) is 1. The van der Waals surface area contributed by atoms with Gasteiger partial charge >= 0.3 is 0 Å². The normalized spacial score (nSPS) is 14.4. The van der Waals surface area contributed by atoms with Crippen molar-refractivity contribution < 1.29 is 14.3 Å². The third-order valence-corrected chi connectivity index (χ3v) is 6.24. The van der Waals surface area contributed by atoms with E-state index < -0.39 is 0 Å². The van der Waals surface area contributed by atoms with E-state index in [9.17, 15) is 4.79 Å². The van der Waals surface area contributed by atoms with E-state index in [0.29, 0.717) is 22.2 Å². The molecule has 1 N–H and O–H groups in total. The predicted octanol–water partition coefficient (Wildman–Crippen LogP) is 3.83. The molecule has 1 fully saturated rings. The monoisotopic (exact) mass is 438 g/mol. The van der Waals surface area contributed by atoms with Crippen LogP contribution >= 0.6 is 11.3 Å². The number of methoxy groups -OCH3 is 2. The molecule has 0 saturated carbocycles. The van der Waals surface area contributed by atoms with Crippen molar-refractivity contribution in [3.05, 3.63) is 53.5 Å². The fourth-order valence-corrected chi connectivity index (χ4v) is 4.47. The molecule has 0 spiro atoms. The molecule has 31 heavy (non-hydrogen) atoms. The smallest absolute Gasteiger partial charge is 0.275 e. The molecule has 3 aromatic rings. The van der Waals surface area contributed by atoms with Gasteiger partial charge in [0.2, 0.25) is 0 Å². The highest BCUT2D eigenvalue weighted by molar-refractivity contribution is 7.13. The summed E-state index contributed by atoms with van der Waals surface area (Å²) in [5.74, 6) is 1.000. The van der Waals surface area contributed by atoms with Crippen molar-refractivity contribution in [3.8, 4) is 22.1 Å². The molecule has 2 aromatic carbocycles. The molecule has 0 atom stereocenters. The number of ether oxygens (including phenoxy) is 2. The number of anilines is 2. The van der Waals surface area contributed by atoms with Crippen LogP contribution in [0, 0.1) is 0 Å². The highest BCUT2D eigenvalue weighted by atomic mass is 32.1. The first-order valence-corrected chi connectivity index (χ1v) is 11.0. The van der Waals surface area contributed by atoms with Crippen molar-refractivity contribution in [1.29, 1.82) is 0 Å². The lowest BCUT2D eigenvalue weighted by Crippen LogP contribution is -2.44. The average Bonchev–Trinajstić information content (AvgIpc) is 3.30. The van der Waals surface area contributed by atoms with E-state index in [1.54, 1.807) is 19.6 Å². The molecule has 1 amide bonds. The summed E-state index contributed by atoms with van der Waals surface area (Å²) in [6.45, 7) is 3.86. The van der Waals surface area contributed by atoms with Crippen LogP contribution in [0.2, 0.25) is 0 Å². The van der Waals surface area contributed by atoms with Gasteiger partial charge in [-0.1, -0.05) is 18.2 Å². The Balaban J connectivity index is 1.55. The second-order valence-electron chi connectivity index (χ2n) is 7.34. The van der Waals surface area contributed by atoms with E-state index in [1.807, 2.05) is 36.4 Å². The Morgan fingerprint density at radius 1 is 1.03 bits per heavy atom. The second kappa shape index (κ2) is 9.36. The van der Waals surface area contributed by atoms with Gasteiger partial charge in [0.1, 0.15) is 10.7 Å². The van der Waals surface area contributed by atoms with E-state index in [2.05, 4.69) is 33.2 Å². The fraction of sp³-hybridized carbons (Fsp3) is 0.304. The van der Waals surface area contributed by atoms with Gasteiger partial charge in [-0.25, -0.2) is 4.98 Å². The van der Waals surface area contributed by atoms with Gasteiger partial charge < -0.3 is 24.6 Å². The van der Waals surface area contributed by atoms with Crippen LogP contribution in [0.3, 0.4) is 0 Å². The molecule has 0 aliphatic carbocycles. The molecule has 1 aliphatic rings. The number of amides is 1. The third-order valence-electron chi connectivity index (χ3n) is 5.37. The minimum absolute atomic E-state index is 0.231. The van der Waals surface area contributed by atoms with Gasteiger partial charge in [-0.2, -0.15) is 0 Å². The van der Waals surface area contributed by atoms with Crippen LogP contribution in [0.25, 0.3) is 10.6 Å². The van der Waals surface area contributed by atoms with Crippen LogP contribution in [0.1, 0.15) is 10.5 Å². The molecule has 0 radical (unpaired) electrons. The molecule has 0 bridgehead atoms. The quantitative estimate of drug-likeness (QED) is 0.631. The minimum Gasteiger partial charge on any atom is -0.493 e. The van der Waals surface area contributed by atoms with Crippen molar-refractivity contribution >= 4 is 28.6 Å². The molecule has 1 saturated heterocycles. The van der Waals surface area contributed by atoms with Crippen LogP contribution in [-0.2, 0) is 0 Å². The van der Waals surface area contributed by atoms with E-state index in [1.165, 1.54) is 11.3 Å². The number of piperazine rings is 1. The first-order chi connectivity index (χ1) is 15.1. The first kappa shape index (κ1) is 21.1. The van der Waals surface area contributed by atoms with E-state index in [0.717, 1.165) is 43.1 Å². The maximum Gasteiger partial charge on any atom is 0.275 e. The molecule has 7 nitrogen and oxygen atoms in total. The number of para-hydroxylation sites is 3. The van der Waals surface area contributed by atoms with E-state index in [4.69, 9.17) is 9.47 Å². The molecule has 4 rings (SSSR count). The SMILES string of the molecule is COc1cccc(-c2nc(C(=O)Nc3ccccc3N3CCN(C)CC3)cs2)c1OC. The maximum atomic E-state index is 13.0. The van der Waals surface area contributed by atoms with Crippen molar-refractivity contribution in [2.45, 2.75) is 0 Å². The molecule has 1 aliphatic heterocycles. The summed E-state index contributed by atoms with van der Waals surface area (Å²) < 4.78 is 10.9. The Kier molecular flexibility index (Phi) is 6.39. The second-order valence-corrected chi connectivity index (χ2v) is 8.20. The molecule has 1 aromatic heterocycles. The minimum atomic E-state index is -0.231. The number of likely N-dealkylation sites (N-methyl/N-ethyl adjacent to an activating group) is 1. The van der Waals surface area contributed by atoms with Crippen molar-refractivity contribution in [1.82, 2.24) is 9.88 Å². The molecule has 2 heterocycles. The largest absolute Gasteiger partial charge is 0.493 e. The van der Waals surface area contributed by atoms with Crippen LogP contribution < -0.4 is 19.7 Å². The van der Waals surface area contributed by atoms with Gasteiger partial charge in [-0.3, -0.25) is 4.79 Å². The standard InChI is InChI=1S/C23H26N4O3S/c1-26-11-13-27(14-12-26)19-9-5-4-8-17(19)24-22(28)18-15-31-23(25-18)16-7-6-10-20(29-2)21(16)30-3/h4-10,15H,11-14H2,1-3H3,(H,24,28). The Morgan fingerprint density at radius 3 is 2.55 bits per heavy atom. The molecule has 8 heteroatoms. The Labute approximate surface area is 186 Å². The number of aromatic nitrogens is 1. The van der Waals surface area contributed by atoms with Crippen LogP contribution in [0.4, 0.5) is 11.4 Å². The predicted molar refractivity (Wildman–Crippen MR) is 125 cm³/mol. The van der Waals surface area contributed by atoms with Crippen molar-refractivity contribution in [2.24, 2.45) is 0 Å². The first-order valence-electron chi connectivity index (χ1n) is 10.1. The van der Waals surface area contributed by atoms with E-state index in [-0.39, 0.29) is 5.91 Å². The summed E-state index contributed by atoms with van der Waals surface area (Å²) in [5.41, 5.74) is 3.00. The zero-order valence-corrected chi connectivity index (χ0v) is 18.7. The zero-order chi connectivity index (χ0) is 21.8. The molecular weight excluding hydrogens is 412 g/mol. The van der Waals surface area contributed by atoms with Gasteiger partial charge in [0.05, 0.1) is 31.2 Å². The number of hydrogen-bond acceptors (Lipinski definition) is 7. The summed E-state index contributed by atoms with van der Waals surface area (Å²) in [5, 5.41) is 5.51.